The standard InChI is InChI=1S/C10H20O3/c1-5-9(4)7-13-10(11)12-6-8(2)3/h8-9H,5-7H2,1-4H3. The van der Waals surface area contributed by atoms with Crippen LogP contribution in [0.3, 0.4) is 0 Å². The van der Waals surface area contributed by atoms with Crippen LogP contribution in [0, 0.1) is 11.8 Å². The fourth-order valence-corrected chi connectivity index (χ4v) is 0.605. The van der Waals surface area contributed by atoms with Gasteiger partial charge in [0, 0.05) is 0 Å². The summed E-state index contributed by atoms with van der Waals surface area (Å²) in [6.45, 7) is 8.96. The summed E-state index contributed by atoms with van der Waals surface area (Å²) in [5.41, 5.74) is 0. The topological polar surface area (TPSA) is 35.5 Å². The Morgan fingerprint density at radius 2 is 1.69 bits per heavy atom. The van der Waals surface area contributed by atoms with Gasteiger partial charge in [-0.3, -0.25) is 0 Å². The summed E-state index contributed by atoms with van der Waals surface area (Å²) in [7, 11) is 0. The predicted molar refractivity (Wildman–Crippen MR) is 51.6 cm³/mol. The van der Waals surface area contributed by atoms with E-state index in [1.807, 2.05) is 20.8 Å². The molecule has 78 valence electrons. The van der Waals surface area contributed by atoms with Gasteiger partial charge in [-0.1, -0.05) is 34.1 Å². The van der Waals surface area contributed by atoms with E-state index in [2.05, 4.69) is 6.92 Å². The minimum Gasteiger partial charge on any atom is -0.434 e. The van der Waals surface area contributed by atoms with Crippen LogP contribution in [0.2, 0.25) is 0 Å². The fraction of sp³-hybridized carbons (Fsp3) is 0.900. The van der Waals surface area contributed by atoms with Gasteiger partial charge < -0.3 is 9.47 Å². The zero-order chi connectivity index (χ0) is 10.3. The first-order valence-electron chi connectivity index (χ1n) is 4.85. The van der Waals surface area contributed by atoms with E-state index in [0.29, 0.717) is 25.0 Å². The summed E-state index contributed by atoms with van der Waals surface area (Å²) >= 11 is 0. The predicted octanol–water partition coefficient (Wildman–Crippen LogP) is 2.84. The Hall–Kier alpha value is -0.730. The molecule has 0 aliphatic carbocycles. The lowest BCUT2D eigenvalue weighted by Gasteiger charge is -2.10. The van der Waals surface area contributed by atoms with Gasteiger partial charge in [-0.25, -0.2) is 4.79 Å². The fourth-order valence-electron chi connectivity index (χ4n) is 0.605. The average molecular weight is 188 g/mol. The van der Waals surface area contributed by atoms with Crippen molar-refractivity contribution < 1.29 is 14.3 Å². The molecule has 0 saturated carbocycles. The van der Waals surface area contributed by atoms with Crippen LogP contribution in [-0.4, -0.2) is 19.4 Å². The van der Waals surface area contributed by atoms with E-state index in [1.54, 1.807) is 0 Å². The minimum atomic E-state index is -0.547. The molecule has 1 atom stereocenters. The first-order chi connectivity index (χ1) is 6.06. The summed E-state index contributed by atoms with van der Waals surface area (Å²) in [5.74, 6) is 0.766. The largest absolute Gasteiger partial charge is 0.508 e. The SMILES string of the molecule is CCC(C)COC(=O)OCC(C)C. The smallest absolute Gasteiger partial charge is 0.434 e. The molecular weight excluding hydrogens is 168 g/mol. The van der Waals surface area contributed by atoms with E-state index in [-0.39, 0.29) is 0 Å². The lowest BCUT2D eigenvalue weighted by molar-refractivity contribution is 0.0387. The number of rotatable bonds is 5. The van der Waals surface area contributed by atoms with Crippen LogP contribution in [0.4, 0.5) is 4.79 Å². The summed E-state index contributed by atoms with van der Waals surface area (Å²) in [5, 5.41) is 0. The maximum atomic E-state index is 10.9. The Morgan fingerprint density at radius 1 is 1.15 bits per heavy atom. The van der Waals surface area contributed by atoms with Crippen LogP contribution in [0.25, 0.3) is 0 Å². The zero-order valence-electron chi connectivity index (χ0n) is 9.00. The summed E-state index contributed by atoms with van der Waals surface area (Å²) in [4.78, 5) is 10.9. The Kier molecular flexibility index (Phi) is 6.37. The molecule has 0 aliphatic rings. The van der Waals surface area contributed by atoms with Gasteiger partial charge in [0.1, 0.15) is 0 Å². The van der Waals surface area contributed by atoms with Gasteiger partial charge in [-0.05, 0) is 11.8 Å². The Bertz CT molecular complexity index is 143. The highest BCUT2D eigenvalue weighted by Crippen LogP contribution is 2.02. The van der Waals surface area contributed by atoms with Gasteiger partial charge in [0.25, 0.3) is 0 Å². The van der Waals surface area contributed by atoms with Gasteiger partial charge in [-0.2, -0.15) is 0 Å². The zero-order valence-corrected chi connectivity index (χ0v) is 9.00. The van der Waals surface area contributed by atoms with Crippen molar-refractivity contribution in [3.8, 4) is 0 Å². The molecule has 0 heterocycles. The average Bonchev–Trinajstić information content (AvgIpc) is 2.10. The molecule has 0 fully saturated rings. The molecule has 0 spiro atoms. The first kappa shape index (κ1) is 12.3. The van der Waals surface area contributed by atoms with Crippen LogP contribution < -0.4 is 0 Å². The highest BCUT2D eigenvalue weighted by atomic mass is 16.7. The third-order valence-corrected chi connectivity index (χ3v) is 1.72. The molecule has 0 amide bonds. The van der Waals surface area contributed by atoms with Crippen molar-refractivity contribution in [1.29, 1.82) is 0 Å². The number of hydrogen-bond acceptors (Lipinski definition) is 3. The summed E-state index contributed by atoms with van der Waals surface area (Å²) < 4.78 is 9.72. The Labute approximate surface area is 80.4 Å². The number of ether oxygens (including phenoxy) is 2. The highest BCUT2D eigenvalue weighted by molar-refractivity contribution is 5.59. The molecule has 0 aromatic carbocycles. The molecule has 3 nitrogen and oxygen atoms in total. The molecule has 0 bridgehead atoms. The van der Waals surface area contributed by atoms with Crippen LogP contribution in [0.5, 0.6) is 0 Å². The molecule has 0 aromatic heterocycles. The maximum Gasteiger partial charge on any atom is 0.508 e. The molecule has 0 aromatic rings. The number of carbonyl (C=O) groups excluding carboxylic acids is 1. The molecule has 13 heavy (non-hydrogen) atoms. The molecule has 1 unspecified atom stereocenters. The Balaban J connectivity index is 3.40. The van der Waals surface area contributed by atoms with Gasteiger partial charge >= 0.3 is 6.16 Å². The number of hydrogen-bond donors (Lipinski definition) is 0. The normalized spacial score (nSPS) is 12.7. The summed E-state index contributed by atoms with van der Waals surface area (Å²) in [6, 6.07) is 0. The Morgan fingerprint density at radius 3 is 2.15 bits per heavy atom. The van der Waals surface area contributed by atoms with Crippen molar-refractivity contribution in [3.05, 3.63) is 0 Å². The number of carbonyl (C=O) groups is 1. The van der Waals surface area contributed by atoms with Crippen LogP contribution >= 0.6 is 0 Å². The molecule has 0 radical (unpaired) electrons. The van der Waals surface area contributed by atoms with Gasteiger partial charge in [0.15, 0.2) is 0 Å². The van der Waals surface area contributed by atoms with Crippen molar-refractivity contribution in [3.63, 3.8) is 0 Å². The second-order valence-corrected chi connectivity index (χ2v) is 3.78. The van der Waals surface area contributed by atoms with Gasteiger partial charge in [0.05, 0.1) is 13.2 Å². The second kappa shape index (κ2) is 6.75. The van der Waals surface area contributed by atoms with Crippen molar-refractivity contribution in [2.75, 3.05) is 13.2 Å². The highest BCUT2D eigenvalue weighted by Gasteiger charge is 2.07. The maximum absolute atomic E-state index is 10.9. The van der Waals surface area contributed by atoms with E-state index in [4.69, 9.17) is 9.47 Å². The quantitative estimate of drug-likeness (QED) is 0.622. The van der Waals surface area contributed by atoms with E-state index in [1.165, 1.54) is 0 Å². The van der Waals surface area contributed by atoms with E-state index in [9.17, 15) is 4.79 Å². The van der Waals surface area contributed by atoms with Crippen molar-refractivity contribution in [1.82, 2.24) is 0 Å². The lowest BCUT2D eigenvalue weighted by atomic mass is 10.1. The molecular formula is C10H20O3. The first-order valence-corrected chi connectivity index (χ1v) is 4.85. The van der Waals surface area contributed by atoms with Gasteiger partial charge in [-0.15, -0.1) is 0 Å². The van der Waals surface area contributed by atoms with E-state index < -0.39 is 6.16 Å². The minimum absolute atomic E-state index is 0.358. The van der Waals surface area contributed by atoms with Crippen molar-refractivity contribution in [2.24, 2.45) is 11.8 Å². The molecule has 0 rings (SSSR count). The molecule has 0 aliphatic heterocycles. The van der Waals surface area contributed by atoms with Crippen LogP contribution in [-0.2, 0) is 9.47 Å². The van der Waals surface area contributed by atoms with Gasteiger partial charge in [0.2, 0.25) is 0 Å². The third-order valence-electron chi connectivity index (χ3n) is 1.72. The van der Waals surface area contributed by atoms with Crippen molar-refractivity contribution in [2.45, 2.75) is 34.1 Å². The second-order valence-electron chi connectivity index (χ2n) is 3.78. The molecule has 0 N–H and O–H groups in total. The lowest BCUT2D eigenvalue weighted by Crippen LogP contribution is -2.15. The molecule has 3 heteroatoms. The van der Waals surface area contributed by atoms with E-state index >= 15 is 0 Å². The monoisotopic (exact) mass is 188 g/mol. The summed E-state index contributed by atoms with van der Waals surface area (Å²) in [6.07, 6.45) is 0.464. The van der Waals surface area contributed by atoms with Crippen LogP contribution in [0.1, 0.15) is 34.1 Å². The van der Waals surface area contributed by atoms with Crippen molar-refractivity contribution >= 4 is 6.16 Å². The van der Waals surface area contributed by atoms with Crippen LogP contribution in [0.15, 0.2) is 0 Å². The third kappa shape index (κ3) is 7.62. The molecule has 0 saturated heterocycles. The van der Waals surface area contributed by atoms with E-state index in [0.717, 1.165) is 6.42 Å².